The number of piperidine rings is 1. The molecule has 0 amide bonds. The lowest BCUT2D eigenvalue weighted by molar-refractivity contribution is 0.176. The van der Waals surface area contributed by atoms with Gasteiger partial charge in [-0.3, -0.25) is 4.90 Å². The highest BCUT2D eigenvalue weighted by atomic mass is 16.5. The Morgan fingerprint density at radius 1 is 1.44 bits per heavy atom. The van der Waals surface area contributed by atoms with Crippen LogP contribution in [0.5, 0.6) is 5.75 Å². The van der Waals surface area contributed by atoms with Gasteiger partial charge in [-0.1, -0.05) is 19.1 Å². The van der Waals surface area contributed by atoms with Crippen molar-refractivity contribution in [1.29, 1.82) is 0 Å². The summed E-state index contributed by atoms with van der Waals surface area (Å²) >= 11 is 0. The molecule has 0 aliphatic carbocycles. The van der Waals surface area contributed by atoms with E-state index in [4.69, 9.17) is 10.5 Å². The fourth-order valence-electron chi connectivity index (χ4n) is 2.74. The zero-order chi connectivity index (χ0) is 13.0. The van der Waals surface area contributed by atoms with Crippen LogP contribution in [0.15, 0.2) is 18.2 Å². The first-order valence-corrected chi connectivity index (χ1v) is 6.81. The summed E-state index contributed by atoms with van der Waals surface area (Å²) in [5.41, 5.74) is 8.08. The van der Waals surface area contributed by atoms with Gasteiger partial charge in [0.1, 0.15) is 5.75 Å². The van der Waals surface area contributed by atoms with Gasteiger partial charge in [-0.2, -0.15) is 0 Å². The zero-order valence-corrected chi connectivity index (χ0v) is 11.5. The molecule has 0 bridgehead atoms. The maximum Gasteiger partial charge on any atom is 0.123 e. The predicted octanol–water partition coefficient (Wildman–Crippen LogP) is 2.39. The number of methoxy groups -OCH3 is 1. The second-order valence-corrected chi connectivity index (χ2v) is 5.33. The second-order valence-electron chi connectivity index (χ2n) is 5.33. The molecule has 1 heterocycles. The molecular formula is C15H24N2O. The van der Waals surface area contributed by atoms with Crippen LogP contribution in [0, 0.1) is 5.92 Å². The number of rotatable bonds is 4. The molecule has 3 heteroatoms. The van der Waals surface area contributed by atoms with Crippen LogP contribution in [0.1, 0.15) is 30.9 Å². The molecule has 3 nitrogen and oxygen atoms in total. The highest BCUT2D eigenvalue weighted by Gasteiger charge is 2.16. The molecule has 2 rings (SSSR count). The Kier molecular flexibility index (Phi) is 4.61. The number of hydrogen-bond acceptors (Lipinski definition) is 3. The van der Waals surface area contributed by atoms with Gasteiger partial charge in [0, 0.05) is 25.2 Å². The Morgan fingerprint density at radius 2 is 2.28 bits per heavy atom. The van der Waals surface area contributed by atoms with Gasteiger partial charge in [-0.15, -0.1) is 0 Å². The van der Waals surface area contributed by atoms with E-state index in [0.717, 1.165) is 23.8 Å². The fourth-order valence-corrected chi connectivity index (χ4v) is 2.74. The smallest absolute Gasteiger partial charge is 0.123 e. The SMILES string of the molecule is COc1cc(CN2CCCC(C)C2)ccc1CN. The number of nitrogens with zero attached hydrogens (tertiary/aromatic N) is 1. The molecule has 1 unspecified atom stereocenters. The molecule has 0 aromatic heterocycles. The normalized spacial score (nSPS) is 20.9. The third-order valence-electron chi connectivity index (χ3n) is 3.72. The molecule has 1 aromatic rings. The topological polar surface area (TPSA) is 38.5 Å². The molecule has 1 aliphatic rings. The minimum absolute atomic E-state index is 0.532. The van der Waals surface area contributed by atoms with E-state index in [-0.39, 0.29) is 0 Å². The van der Waals surface area contributed by atoms with Crippen molar-refractivity contribution in [1.82, 2.24) is 4.90 Å². The number of benzene rings is 1. The Morgan fingerprint density at radius 3 is 2.94 bits per heavy atom. The summed E-state index contributed by atoms with van der Waals surface area (Å²) in [5.74, 6) is 1.74. The van der Waals surface area contributed by atoms with Crippen LogP contribution < -0.4 is 10.5 Å². The van der Waals surface area contributed by atoms with Crippen LogP contribution in [-0.2, 0) is 13.1 Å². The number of hydrogen-bond donors (Lipinski definition) is 1. The summed E-state index contributed by atoms with van der Waals surface area (Å²) < 4.78 is 5.39. The first kappa shape index (κ1) is 13.4. The maximum absolute atomic E-state index is 5.69. The van der Waals surface area contributed by atoms with E-state index in [9.17, 15) is 0 Å². The van der Waals surface area contributed by atoms with Crippen molar-refractivity contribution in [2.75, 3.05) is 20.2 Å². The third kappa shape index (κ3) is 3.24. The van der Waals surface area contributed by atoms with E-state index in [2.05, 4.69) is 30.0 Å². The highest BCUT2D eigenvalue weighted by molar-refractivity contribution is 5.37. The molecule has 0 spiro atoms. The van der Waals surface area contributed by atoms with Gasteiger partial charge in [-0.25, -0.2) is 0 Å². The fraction of sp³-hybridized carbons (Fsp3) is 0.600. The monoisotopic (exact) mass is 248 g/mol. The number of nitrogens with two attached hydrogens (primary N) is 1. The molecule has 1 atom stereocenters. The van der Waals surface area contributed by atoms with Gasteiger partial charge in [0.25, 0.3) is 0 Å². The highest BCUT2D eigenvalue weighted by Crippen LogP contribution is 2.22. The van der Waals surface area contributed by atoms with Crippen molar-refractivity contribution in [2.45, 2.75) is 32.9 Å². The summed E-state index contributed by atoms with van der Waals surface area (Å²) in [7, 11) is 1.71. The molecule has 18 heavy (non-hydrogen) atoms. The van der Waals surface area contributed by atoms with E-state index in [1.807, 2.05) is 0 Å². The Labute approximate surface area is 110 Å². The quantitative estimate of drug-likeness (QED) is 0.889. The molecule has 1 aliphatic heterocycles. The van der Waals surface area contributed by atoms with Crippen LogP contribution >= 0.6 is 0 Å². The minimum Gasteiger partial charge on any atom is -0.496 e. The molecule has 0 radical (unpaired) electrons. The van der Waals surface area contributed by atoms with E-state index in [1.165, 1.54) is 31.5 Å². The summed E-state index contributed by atoms with van der Waals surface area (Å²) in [5, 5.41) is 0. The molecule has 1 aromatic carbocycles. The van der Waals surface area contributed by atoms with Crippen molar-refractivity contribution in [3.8, 4) is 5.75 Å². The maximum atomic E-state index is 5.69. The van der Waals surface area contributed by atoms with Gasteiger partial charge in [0.05, 0.1) is 7.11 Å². The van der Waals surface area contributed by atoms with Gasteiger partial charge < -0.3 is 10.5 Å². The molecule has 0 saturated carbocycles. The van der Waals surface area contributed by atoms with Crippen LogP contribution in [0.4, 0.5) is 0 Å². The first-order chi connectivity index (χ1) is 8.72. The molecule has 100 valence electrons. The van der Waals surface area contributed by atoms with Crippen molar-refractivity contribution >= 4 is 0 Å². The summed E-state index contributed by atoms with van der Waals surface area (Å²) in [6, 6.07) is 6.38. The van der Waals surface area contributed by atoms with E-state index in [1.54, 1.807) is 7.11 Å². The molecule has 2 N–H and O–H groups in total. The first-order valence-electron chi connectivity index (χ1n) is 6.81. The molecular weight excluding hydrogens is 224 g/mol. The van der Waals surface area contributed by atoms with Gasteiger partial charge >= 0.3 is 0 Å². The third-order valence-corrected chi connectivity index (χ3v) is 3.72. The van der Waals surface area contributed by atoms with Crippen LogP contribution in [0.25, 0.3) is 0 Å². The standard InChI is InChI=1S/C15H24N2O/c1-12-4-3-7-17(10-12)11-13-5-6-14(9-16)15(8-13)18-2/h5-6,8,12H,3-4,7,9-11,16H2,1-2H3. The lowest BCUT2D eigenvalue weighted by atomic mass is 9.99. The van der Waals surface area contributed by atoms with Crippen molar-refractivity contribution in [3.63, 3.8) is 0 Å². The van der Waals surface area contributed by atoms with Crippen LogP contribution in [0.2, 0.25) is 0 Å². The van der Waals surface area contributed by atoms with E-state index < -0.39 is 0 Å². The van der Waals surface area contributed by atoms with Gasteiger partial charge in [-0.05, 0) is 36.9 Å². The lowest BCUT2D eigenvalue weighted by Gasteiger charge is -2.30. The Balaban J connectivity index is 2.04. The van der Waals surface area contributed by atoms with E-state index in [0.29, 0.717) is 6.54 Å². The Hall–Kier alpha value is -1.06. The van der Waals surface area contributed by atoms with Gasteiger partial charge in [0.15, 0.2) is 0 Å². The zero-order valence-electron chi connectivity index (χ0n) is 11.5. The van der Waals surface area contributed by atoms with Crippen molar-refractivity contribution < 1.29 is 4.74 Å². The predicted molar refractivity (Wildman–Crippen MR) is 74.6 cm³/mol. The summed E-state index contributed by atoms with van der Waals surface area (Å²) in [4.78, 5) is 2.53. The van der Waals surface area contributed by atoms with Gasteiger partial charge in [0.2, 0.25) is 0 Å². The summed E-state index contributed by atoms with van der Waals surface area (Å²) in [6.07, 6.45) is 2.69. The average Bonchev–Trinajstić information content (AvgIpc) is 2.38. The molecule has 1 saturated heterocycles. The molecule has 1 fully saturated rings. The van der Waals surface area contributed by atoms with Crippen molar-refractivity contribution in [3.05, 3.63) is 29.3 Å². The number of likely N-dealkylation sites (tertiary alicyclic amines) is 1. The average molecular weight is 248 g/mol. The lowest BCUT2D eigenvalue weighted by Crippen LogP contribution is -2.33. The number of ether oxygens (including phenoxy) is 1. The minimum atomic E-state index is 0.532. The largest absolute Gasteiger partial charge is 0.496 e. The second kappa shape index (κ2) is 6.21. The van der Waals surface area contributed by atoms with E-state index >= 15 is 0 Å². The summed E-state index contributed by atoms with van der Waals surface area (Å²) in [6.45, 7) is 6.31. The Bertz CT molecular complexity index is 392. The van der Waals surface area contributed by atoms with Crippen molar-refractivity contribution in [2.24, 2.45) is 11.7 Å². The van der Waals surface area contributed by atoms with Crippen LogP contribution in [-0.4, -0.2) is 25.1 Å². The van der Waals surface area contributed by atoms with Crippen LogP contribution in [0.3, 0.4) is 0 Å².